The first-order valence-electron chi connectivity index (χ1n) is 5.70. The van der Waals surface area contributed by atoms with Crippen LogP contribution in [0.5, 0.6) is 0 Å². The van der Waals surface area contributed by atoms with Crippen molar-refractivity contribution in [2.75, 3.05) is 6.54 Å². The van der Waals surface area contributed by atoms with E-state index in [9.17, 15) is 0 Å². The summed E-state index contributed by atoms with van der Waals surface area (Å²) in [6.07, 6.45) is 6.80. The lowest BCUT2D eigenvalue weighted by Gasteiger charge is -2.11. The lowest BCUT2D eigenvalue weighted by atomic mass is 10.2. The van der Waals surface area contributed by atoms with Gasteiger partial charge in [0.05, 0.1) is 10.1 Å². The highest BCUT2D eigenvalue weighted by Crippen LogP contribution is 2.26. The highest BCUT2D eigenvalue weighted by atomic mass is 79.9. The van der Waals surface area contributed by atoms with Gasteiger partial charge in [-0.1, -0.05) is 0 Å². The van der Waals surface area contributed by atoms with Crippen molar-refractivity contribution in [3.05, 3.63) is 39.5 Å². The van der Waals surface area contributed by atoms with E-state index in [-0.39, 0.29) is 0 Å². The molecule has 2 heterocycles. The summed E-state index contributed by atoms with van der Waals surface area (Å²) in [6, 6.07) is 4.69. The molecule has 3 nitrogen and oxygen atoms in total. The van der Waals surface area contributed by atoms with Crippen LogP contribution in [0.1, 0.15) is 24.3 Å². The van der Waals surface area contributed by atoms with Gasteiger partial charge in [-0.15, -0.1) is 11.3 Å². The second kappa shape index (κ2) is 6.33. The first-order chi connectivity index (χ1) is 8.25. The molecule has 92 valence electrons. The van der Waals surface area contributed by atoms with Gasteiger partial charge in [0, 0.05) is 29.9 Å². The molecule has 0 radical (unpaired) electrons. The average molecular weight is 314 g/mol. The van der Waals surface area contributed by atoms with Crippen LogP contribution in [0.25, 0.3) is 0 Å². The van der Waals surface area contributed by atoms with Crippen LogP contribution in [-0.4, -0.2) is 16.1 Å². The molecule has 0 saturated carbocycles. The summed E-state index contributed by atoms with van der Waals surface area (Å²) >= 11 is 5.28. The molecule has 0 aliphatic heterocycles. The Hall–Kier alpha value is -0.650. The molecule has 0 aromatic carbocycles. The maximum atomic E-state index is 4.03. The van der Waals surface area contributed by atoms with Gasteiger partial charge < -0.3 is 9.88 Å². The number of hydrogen-bond acceptors (Lipinski definition) is 3. The quantitative estimate of drug-likeness (QED) is 0.828. The van der Waals surface area contributed by atoms with Gasteiger partial charge in [-0.05, 0) is 48.0 Å². The minimum atomic E-state index is 0.425. The number of aryl methyl sites for hydroxylation is 1. The summed E-state index contributed by atoms with van der Waals surface area (Å²) in [5, 5.41) is 3.53. The Labute approximate surface area is 114 Å². The monoisotopic (exact) mass is 313 g/mol. The number of thiophene rings is 1. The number of rotatable bonds is 6. The maximum Gasteiger partial charge on any atom is 0.0945 e. The van der Waals surface area contributed by atoms with Gasteiger partial charge >= 0.3 is 0 Å². The van der Waals surface area contributed by atoms with Crippen molar-refractivity contribution in [1.82, 2.24) is 14.9 Å². The van der Waals surface area contributed by atoms with Crippen molar-refractivity contribution < 1.29 is 0 Å². The van der Waals surface area contributed by atoms with Crippen molar-refractivity contribution in [3.63, 3.8) is 0 Å². The third-order valence-electron chi connectivity index (χ3n) is 2.62. The predicted molar refractivity (Wildman–Crippen MR) is 75.3 cm³/mol. The van der Waals surface area contributed by atoms with Crippen molar-refractivity contribution in [1.29, 1.82) is 0 Å². The fraction of sp³-hybridized carbons (Fsp3) is 0.417. The summed E-state index contributed by atoms with van der Waals surface area (Å²) in [5.41, 5.74) is 0. The van der Waals surface area contributed by atoms with Gasteiger partial charge in [0.25, 0.3) is 0 Å². The maximum absolute atomic E-state index is 4.03. The normalized spacial score (nSPS) is 12.8. The van der Waals surface area contributed by atoms with Gasteiger partial charge in [0.1, 0.15) is 0 Å². The molecule has 5 heteroatoms. The minimum absolute atomic E-state index is 0.425. The Morgan fingerprint density at radius 1 is 1.53 bits per heavy atom. The van der Waals surface area contributed by atoms with Crippen LogP contribution in [0.4, 0.5) is 0 Å². The summed E-state index contributed by atoms with van der Waals surface area (Å²) in [7, 11) is 0. The van der Waals surface area contributed by atoms with E-state index in [2.05, 4.69) is 49.9 Å². The number of halogens is 1. The number of hydrogen-bond donors (Lipinski definition) is 1. The summed E-state index contributed by atoms with van der Waals surface area (Å²) in [6.45, 7) is 4.25. The Balaban J connectivity index is 1.68. The van der Waals surface area contributed by atoms with E-state index in [1.807, 2.05) is 18.7 Å². The smallest absolute Gasteiger partial charge is 0.0945 e. The molecule has 0 saturated heterocycles. The molecule has 1 atom stereocenters. The van der Waals surface area contributed by atoms with Crippen molar-refractivity contribution in [2.24, 2.45) is 0 Å². The Morgan fingerprint density at radius 2 is 2.41 bits per heavy atom. The highest BCUT2D eigenvalue weighted by Gasteiger charge is 2.06. The van der Waals surface area contributed by atoms with Gasteiger partial charge in [0.2, 0.25) is 0 Å². The van der Waals surface area contributed by atoms with Crippen LogP contribution in [0.2, 0.25) is 0 Å². The van der Waals surface area contributed by atoms with E-state index in [0.29, 0.717) is 6.04 Å². The summed E-state index contributed by atoms with van der Waals surface area (Å²) in [5.74, 6) is 0. The second-order valence-electron chi connectivity index (χ2n) is 3.97. The molecule has 0 aliphatic carbocycles. The predicted octanol–water partition coefficient (Wildman–Crippen LogP) is 3.45. The van der Waals surface area contributed by atoms with E-state index in [0.717, 1.165) is 19.5 Å². The fourth-order valence-electron chi connectivity index (χ4n) is 1.66. The third-order valence-corrected chi connectivity index (χ3v) is 4.43. The van der Waals surface area contributed by atoms with E-state index in [1.54, 1.807) is 11.3 Å². The molecule has 1 unspecified atom stereocenters. The highest BCUT2D eigenvalue weighted by molar-refractivity contribution is 9.11. The van der Waals surface area contributed by atoms with Crippen molar-refractivity contribution in [3.8, 4) is 0 Å². The fourth-order valence-corrected chi connectivity index (χ4v) is 3.11. The zero-order valence-corrected chi connectivity index (χ0v) is 12.2. The molecule has 0 aliphatic rings. The first kappa shape index (κ1) is 12.8. The molecule has 0 bridgehead atoms. The van der Waals surface area contributed by atoms with Gasteiger partial charge in [0.15, 0.2) is 0 Å². The molecule has 0 spiro atoms. The number of nitrogens with zero attached hydrogens (tertiary/aromatic N) is 2. The summed E-state index contributed by atoms with van der Waals surface area (Å²) < 4.78 is 3.30. The second-order valence-corrected chi connectivity index (χ2v) is 6.47. The van der Waals surface area contributed by atoms with Gasteiger partial charge in [-0.25, -0.2) is 4.98 Å². The molecule has 0 amide bonds. The average Bonchev–Trinajstić information content (AvgIpc) is 2.95. The zero-order valence-electron chi connectivity index (χ0n) is 9.77. The summed E-state index contributed by atoms with van der Waals surface area (Å²) in [4.78, 5) is 5.40. The van der Waals surface area contributed by atoms with Crippen LogP contribution in [0, 0.1) is 0 Å². The Kier molecular flexibility index (Phi) is 4.76. The molecule has 17 heavy (non-hydrogen) atoms. The van der Waals surface area contributed by atoms with Gasteiger partial charge in [-0.3, -0.25) is 0 Å². The molecule has 0 fully saturated rings. The lowest BCUT2D eigenvalue weighted by molar-refractivity contribution is 0.531. The van der Waals surface area contributed by atoms with E-state index in [1.165, 1.54) is 8.66 Å². The number of imidazole rings is 1. The lowest BCUT2D eigenvalue weighted by Crippen LogP contribution is -2.20. The van der Waals surface area contributed by atoms with Crippen LogP contribution in [0.15, 0.2) is 34.6 Å². The molecular formula is C12H16BrN3S. The minimum Gasteiger partial charge on any atom is -0.337 e. The number of aromatic nitrogens is 2. The third kappa shape index (κ3) is 3.94. The van der Waals surface area contributed by atoms with E-state index >= 15 is 0 Å². The van der Waals surface area contributed by atoms with Crippen LogP contribution < -0.4 is 5.32 Å². The topological polar surface area (TPSA) is 29.9 Å². The molecule has 2 aromatic rings. The first-order valence-corrected chi connectivity index (χ1v) is 7.31. The standard InChI is InChI=1S/C12H16BrN3S/c1-10(11-3-4-12(13)17-11)15-5-2-7-16-8-6-14-9-16/h3-4,6,8-10,15H,2,5,7H2,1H3. The van der Waals surface area contributed by atoms with Crippen molar-refractivity contribution in [2.45, 2.75) is 25.9 Å². The van der Waals surface area contributed by atoms with Gasteiger partial charge in [-0.2, -0.15) is 0 Å². The molecule has 2 rings (SSSR count). The SMILES string of the molecule is CC(NCCCn1ccnc1)c1ccc(Br)s1. The van der Waals surface area contributed by atoms with E-state index < -0.39 is 0 Å². The van der Waals surface area contributed by atoms with E-state index in [4.69, 9.17) is 0 Å². The molecule has 2 aromatic heterocycles. The number of nitrogens with one attached hydrogen (secondary N) is 1. The van der Waals surface area contributed by atoms with Crippen LogP contribution in [-0.2, 0) is 6.54 Å². The largest absolute Gasteiger partial charge is 0.337 e. The zero-order chi connectivity index (χ0) is 12.1. The molecular weight excluding hydrogens is 298 g/mol. The van der Waals surface area contributed by atoms with Crippen LogP contribution in [0.3, 0.4) is 0 Å². The molecule has 1 N–H and O–H groups in total. The Bertz CT molecular complexity index is 438. The van der Waals surface area contributed by atoms with Crippen LogP contribution >= 0.6 is 27.3 Å². The van der Waals surface area contributed by atoms with Crippen molar-refractivity contribution >= 4 is 27.3 Å². The Morgan fingerprint density at radius 3 is 3.06 bits per heavy atom.